The van der Waals surface area contributed by atoms with Crippen LogP contribution in [0.5, 0.6) is 0 Å². The lowest BCUT2D eigenvalue weighted by Gasteiger charge is -2.46. The molecular formula is C31H49NO2. The van der Waals surface area contributed by atoms with Gasteiger partial charge in [0.05, 0.1) is 0 Å². The molecular weight excluding hydrogens is 418 g/mol. The number of nitrogens with zero attached hydrogens (tertiary/aromatic N) is 1. The van der Waals surface area contributed by atoms with Gasteiger partial charge < -0.3 is 5.11 Å². The van der Waals surface area contributed by atoms with Crippen molar-refractivity contribution in [2.24, 2.45) is 17.3 Å². The molecule has 3 unspecified atom stereocenters. The van der Waals surface area contributed by atoms with Crippen LogP contribution >= 0.6 is 0 Å². The first-order chi connectivity index (χ1) is 16.0. The minimum absolute atomic E-state index is 0.195. The molecule has 2 fully saturated rings. The van der Waals surface area contributed by atoms with Gasteiger partial charge in [0.2, 0.25) is 0 Å². The van der Waals surface area contributed by atoms with Crippen LogP contribution < -0.4 is 0 Å². The maximum Gasteiger partial charge on any atom is 0.303 e. The van der Waals surface area contributed by atoms with Crippen molar-refractivity contribution in [1.29, 1.82) is 0 Å². The van der Waals surface area contributed by atoms with Crippen LogP contribution in [0.15, 0.2) is 24.8 Å². The van der Waals surface area contributed by atoms with Crippen molar-refractivity contribution < 1.29 is 9.90 Å². The zero-order valence-electron chi connectivity index (χ0n) is 22.5. The third-order valence-electron chi connectivity index (χ3n) is 8.38. The molecule has 3 atom stereocenters. The fourth-order valence-corrected chi connectivity index (χ4v) is 6.50. The number of carbonyl (C=O) groups is 1. The van der Waals surface area contributed by atoms with Gasteiger partial charge in [-0.15, -0.1) is 0 Å². The highest BCUT2D eigenvalue weighted by molar-refractivity contribution is 5.68. The topological polar surface area (TPSA) is 40.5 Å². The van der Waals surface area contributed by atoms with Crippen LogP contribution in [-0.4, -0.2) is 35.1 Å². The summed E-state index contributed by atoms with van der Waals surface area (Å²) in [7, 11) is 0. The Balaban J connectivity index is 1.98. The van der Waals surface area contributed by atoms with Crippen LogP contribution in [0.25, 0.3) is 5.57 Å². The third kappa shape index (κ3) is 7.44. The molecule has 0 amide bonds. The molecule has 1 aromatic rings. The lowest BCUT2D eigenvalue weighted by atomic mass is 9.69. The number of carboxylic acid groups (broad SMARTS) is 1. The maximum atomic E-state index is 11.9. The van der Waals surface area contributed by atoms with Crippen LogP contribution in [0.1, 0.15) is 115 Å². The van der Waals surface area contributed by atoms with Gasteiger partial charge in [0.15, 0.2) is 0 Å². The summed E-state index contributed by atoms with van der Waals surface area (Å²) in [5.41, 5.74) is 5.19. The molecule has 1 N–H and O–H groups in total. The van der Waals surface area contributed by atoms with E-state index in [2.05, 4.69) is 64.3 Å². The predicted molar refractivity (Wildman–Crippen MR) is 144 cm³/mol. The fourth-order valence-electron chi connectivity index (χ4n) is 6.50. The predicted octanol–water partition coefficient (Wildman–Crippen LogP) is 8.07. The van der Waals surface area contributed by atoms with Crippen LogP contribution in [0.4, 0.5) is 0 Å². The molecule has 34 heavy (non-hydrogen) atoms. The number of hydrogen-bond acceptors (Lipinski definition) is 2. The summed E-state index contributed by atoms with van der Waals surface area (Å²) < 4.78 is 0. The summed E-state index contributed by atoms with van der Waals surface area (Å²) >= 11 is 0. The van der Waals surface area contributed by atoms with E-state index in [9.17, 15) is 9.90 Å². The van der Waals surface area contributed by atoms with Crippen molar-refractivity contribution in [2.75, 3.05) is 13.1 Å². The molecule has 190 valence electrons. The summed E-state index contributed by atoms with van der Waals surface area (Å²) in [6.45, 7) is 17.8. The van der Waals surface area contributed by atoms with E-state index in [1.807, 2.05) is 0 Å². The molecule has 2 aliphatic rings. The number of carboxylic acids is 1. The standard InChI is InChI=1S/C31H49NO2/c1-22(2)27-19-26(16-15-23(27)3)30-25(20-29(33)34)13-10-14-28(30)32(18-17-31(4,5)6)21-24-11-8-7-9-12-24/h15-16,19,24-25,28,30H,1,7-14,17-18,20-21H2,2-6H3,(H,33,34). The minimum Gasteiger partial charge on any atom is -0.481 e. The summed E-state index contributed by atoms with van der Waals surface area (Å²) in [5.74, 6) is 0.599. The van der Waals surface area contributed by atoms with E-state index in [4.69, 9.17) is 0 Å². The highest BCUT2D eigenvalue weighted by Gasteiger charge is 2.39. The lowest BCUT2D eigenvalue weighted by molar-refractivity contribution is -0.138. The first-order valence-corrected chi connectivity index (χ1v) is 13.8. The Morgan fingerprint density at radius 3 is 2.41 bits per heavy atom. The third-order valence-corrected chi connectivity index (χ3v) is 8.38. The molecule has 0 heterocycles. The molecule has 3 nitrogen and oxygen atoms in total. The van der Waals surface area contributed by atoms with Crippen LogP contribution in [-0.2, 0) is 4.79 Å². The Kier molecular flexibility index (Phi) is 9.43. The van der Waals surface area contributed by atoms with Crippen molar-refractivity contribution in [1.82, 2.24) is 4.90 Å². The Morgan fingerprint density at radius 2 is 1.79 bits per heavy atom. The van der Waals surface area contributed by atoms with Gasteiger partial charge in [0.1, 0.15) is 0 Å². The Bertz CT molecular complexity index is 830. The summed E-state index contributed by atoms with van der Waals surface area (Å²) in [5, 5.41) is 9.79. The largest absolute Gasteiger partial charge is 0.481 e. The van der Waals surface area contributed by atoms with Crippen molar-refractivity contribution in [3.63, 3.8) is 0 Å². The first kappa shape index (κ1) is 27.0. The van der Waals surface area contributed by atoms with E-state index in [0.717, 1.165) is 30.9 Å². The maximum absolute atomic E-state index is 11.9. The van der Waals surface area contributed by atoms with Gasteiger partial charge in [-0.2, -0.15) is 0 Å². The number of benzene rings is 1. The number of allylic oxidation sites excluding steroid dienone is 1. The molecule has 3 rings (SSSR count). The molecule has 2 aliphatic carbocycles. The monoisotopic (exact) mass is 467 g/mol. The Labute approximate surface area is 209 Å². The van der Waals surface area contributed by atoms with E-state index in [0.29, 0.717) is 11.5 Å². The van der Waals surface area contributed by atoms with Crippen molar-refractivity contribution in [3.05, 3.63) is 41.5 Å². The molecule has 0 bridgehead atoms. The second kappa shape index (κ2) is 11.9. The normalized spacial score (nSPS) is 24.4. The van der Waals surface area contributed by atoms with Gasteiger partial charge in [0.25, 0.3) is 0 Å². The zero-order chi connectivity index (χ0) is 24.9. The molecule has 0 saturated heterocycles. The van der Waals surface area contributed by atoms with E-state index in [1.165, 1.54) is 68.2 Å². The SMILES string of the molecule is C=C(C)c1cc(C2C(CC(=O)O)CCCC2N(CCC(C)(C)C)CC2CCCCC2)ccc1C. The zero-order valence-corrected chi connectivity index (χ0v) is 22.5. The molecule has 3 heteroatoms. The molecule has 1 aromatic carbocycles. The van der Waals surface area contributed by atoms with Crippen molar-refractivity contribution >= 4 is 11.5 Å². The first-order valence-electron chi connectivity index (χ1n) is 13.8. The van der Waals surface area contributed by atoms with Crippen molar-refractivity contribution in [2.45, 2.75) is 111 Å². The highest BCUT2D eigenvalue weighted by Crippen LogP contribution is 2.44. The summed E-state index contributed by atoms with van der Waals surface area (Å²) in [4.78, 5) is 14.7. The summed E-state index contributed by atoms with van der Waals surface area (Å²) in [6, 6.07) is 7.26. The lowest BCUT2D eigenvalue weighted by Crippen LogP contribution is -2.48. The smallest absolute Gasteiger partial charge is 0.303 e. The van der Waals surface area contributed by atoms with Crippen molar-refractivity contribution in [3.8, 4) is 0 Å². The summed E-state index contributed by atoms with van der Waals surface area (Å²) in [6.07, 6.45) is 11.6. The van der Waals surface area contributed by atoms with E-state index in [1.54, 1.807) is 0 Å². The second-order valence-electron chi connectivity index (χ2n) is 12.5. The van der Waals surface area contributed by atoms with E-state index < -0.39 is 5.97 Å². The quantitative estimate of drug-likeness (QED) is 0.399. The number of hydrogen-bond donors (Lipinski definition) is 1. The average molecular weight is 468 g/mol. The number of rotatable bonds is 9. The fraction of sp³-hybridized carbons (Fsp3) is 0.710. The molecule has 0 radical (unpaired) electrons. The Hall–Kier alpha value is -1.61. The van der Waals surface area contributed by atoms with Gasteiger partial charge >= 0.3 is 5.97 Å². The number of aryl methyl sites for hydroxylation is 1. The Morgan fingerprint density at radius 1 is 1.09 bits per heavy atom. The van der Waals surface area contributed by atoms with Crippen LogP contribution in [0.3, 0.4) is 0 Å². The molecule has 0 aromatic heterocycles. The van der Waals surface area contributed by atoms with E-state index in [-0.39, 0.29) is 18.3 Å². The van der Waals surface area contributed by atoms with Gasteiger partial charge in [0, 0.05) is 24.9 Å². The average Bonchev–Trinajstić information content (AvgIpc) is 2.76. The number of aliphatic carboxylic acids is 1. The van der Waals surface area contributed by atoms with Gasteiger partial charge in [-0.3, -0.25) is 9.69 Å². The molecule has 0 aliphatic heterocycles. The van der Waals surface area contributed by atoms with Gasteiger partial charge in [-0.25, -0.2) is 0 Å². The van der Waals surface area contributed by atoms with Crippen LogP contribution in [0.2, 0.25) is 0 Å². The van der Waals surface area contributed by atoms with Crippen LogP contribution in [0, 0.1) is 24.2 Å². The van der Waals surface area contributed by atoms with E-state index >= 15 is 0 Å². The molecule has 0 spiro atoms. The van der Waals surface area contributed by atoms with Gasteiger partial charge in [-0.1, -0.05) is 76.8 Å². The molecule has 2 saturated carbocycles. The minimum atomic E-state index is -0.656. The second-order valence-corrected chi connectivity index (χ2v) is 12.5. The van der Waals surface area contributed by atoms with Gasteiger partial charge in [-0.05, 0) is 86.4 Å². The highest BCUT2D eigenvalue weighted by atomic mass is 16.4.